The minimum absolute atomic E-state index is 0.0351. The first-order valence-corrected chi connectivity index (χ1v) is 21.6. The van der Waals surface area contributed by atoms with Gasteiger partial charge >= 0.3 is 5.97 Å². The van der Waals surface area contributed by atoms with Crippen LogP contribution in [-0.4, -0.2) is 77.9 Å². The molecule has 0 spiro atoms. The number of rotatable bonds is 9. The van der Waals surface area contributed by atoms with Gasteiger partial charge in [-0.25, -0.2) is 32.3 Å². The smallest absolute Gasteiger partial charge is 0.335 e. The van der Waals surface area contributed by atoms with Gasteiger partial charge in [0, 0.05) is 86.6 Å². The number of hydrogen-bond donors (Lipinski definition) is 2. The van der Waals surface area contributed by atoms with Crippen LogP contribution < -0.4 is 5.32 Å². The summed E-state index contributed by atoms with van der Waals surface area (Å²) in [6, 6.07) is 10.9. The molecule has 2 aromatic carbocycles. The summed E-state index contributed by atoms with van der Waals surface area (Å²) in [6.45, 7) is 15.0. The third-order valence-electron chi connectivity index (χ3n) is 12.5. The van der Waals surface area contributed by atoms with Crippen LogP contribution in [-0.2, 0) is 28.7 Å². The van der Waals surface area contributed by atoms with Gasteiger partial charge in [0.15, 0.2) is 0 Å². The van der Waals surface area contributed by atoms with Gasteiger partial charge in [0.1, 0.15) is 11.6 Å². The molecule has 3 aliphatic carbocycles. The van der Waals surface area contributed by atoms with Crippen molar-refractivity contribution in [1.82, 2.24) is 29.3 Å². The highest BCUT2D eigenvalue weighted by Gasteiger charge is 2.38. The molecule has 10 nitrogen and oxygen atoms in total. The van der Waals surface area contributed by atoms with Gasteiger partial charge in [0.2, 0.25) is 17.8 Å². The molecule has 4 aromatic rings. The van der Waals surface area contributed by atoms with E-state index in [-0.39, 0.29) is 71.6 Å². The molecule has 8 rings (SSSR count). The van der Waals surface area contributed by atoms with Gasteiger partial charge in [0.25, 0.3) is 5.91 Å². The monoisotopic (exact) mass is 836 g/mol. The lowest BCUT2D eigenvalue weighted by Crippen LogP contribution is -2.51. The number of carbonyl (C=O) groups excluding carboxylic acids is 2. The Bertz CT molecular complexity index is 2220. The Kier molecular flexibility index (Phi) is 11.9. The molecule has 4 fully saturated rings. The van der Waals surface area contributed by atoms with E-state index < -0.39 is 17.8 Å². The number of likely N-dealkylation sites (tertiary alicyclic amines) is 1. The van der Waals surface area contributed by atoms with E-state index in [1.807, 2.05) is 18.2 Å². The molecule has 1 saturated heterocycles. The summed E-state index contributed by atoms with van der Waals surface area (Å²) < 4.78 is 58.4. The number of carbonyl (C=O) groups is 3. The minimum atomic E-state index is -2.54. The van der Waals surface area contributed by atoms with Crippen LogP contribution in [0, 0.1) is 17.8 Å². The molecule has 14 heteroatoms. The van der Waals surface area contributed by atoms with E-state index in [4.69, 9.17) is 4.98 Å². The number of benzene rings is 2. The van der Waals surface area contributed by atoms with Crippen molar-refractivity contribution >= 4 is 39.9 Å². The van der Waals surface area contributed by atoms with E-state index >= 15 is 0 Å². The lowest BCUT2D eigenvalue weighted by molar-refractivity contribution is -0.123. The lowest BCUT2D eigenvalue weighted by Gasteiger charge is -2.39. The summed E-state index contributed by atoms with van der Waals surface area (Å²) in [5.74, 6) is -3.60. The molecule has 3 heterocycles. The first-order valence-electron chi connectivity index (χ1n) is 21.6. The maximum atomic E-state index is 13.7. The average Bonchev–Trinajstić information content (AvgIpc) is 3.77. The SMILES string of the molecule is CC(C)(C)c1nc2cc(C(=O)N3CC(CC(=O)NC4CC4)C3)ccc2n1CC1CCC(F)(F)CC1.CC(C)(C)c1nc2cc(C(=O)O)ccc2n1CC1CCC(F)(F)CC1. The van der Waals surface area contributed by atoms with Crippen molar-refractivity contribution in [2.24, 2.45) is 17.8 Å². The molecule has 0 bridgehead atoms. The summed E-state index contributed by atoms with van der Waals surface area (Å²) in [7, 11) is 0. The fourth-order valence-electron chi connectivity index (χ4n) is 8.95. The first kappa shape index (κ1) is 43.6. The summed E-state index contributed by atoms with van der Waals surface area (Å²) in [5, 5.41) is 12.2. The number of amides is 2. The molecule has 3 saturated carbocycles. The molecule has 2 amide bonds. The Morgan fingerprint density at radius 1 is 0.683 bits per heavy atom. The van der Waals surface area contributed by atoms with E-state index in [1.165, 1.54) is 0 Å². The van der Waals surface area contributed by atoms with Crippen molar-refractivity contribution < 1.29 is 37.1 Å². The Labute approximate surface area is 349 Å². The molecule has 0 unspecified atom stereocenters. The van der Waals surface area contributed by atoms with Gasteiger partial charge in [-0.2, -0.15) is 0 Å². The maximum Gasteiger partial charge on any atom is 0.335 e. The highest BCUT2D eigenvalue weighted by Crippen LogP contribution is 2.40. The molecule has 1 aliphatic heterocycles. The number of imidazole rings is 2. The Hall–Kier alpha value is -4.49. The average molecular weight is 837 g/mol. The number of carboxylic acid groups (broad SMARTS) is 1. The van der Waals surface area contributed by atoms with Crippen LogP contribution in [0.1, 0.15) is 145 Å². The number of hydrogen-bond acceptors (Lipinski definition) is 5. The second kappa shape index (κ2) is 16.4. The van der Waals surface area contributed by atoms with Crippen molar-refractivity contribution in [3.63, 3.8) is 0 Å². The summed E-state index contributed by atoms with van der Waals surface area (Å²) in [4.78, 5) is 47.7. The maximum absolute atomic E-state index is 13.7. The Morgan fingerprint density at radius 2 is 1.12 bits per heavy atom. The summed E-state index contributed by atoms with van der Waals surface area (Å²) >= 11 is 0. The van der Waals surface area contributed by atoms with Gasteiger partial charge < -0.3 is 24.5 Å². The second-order valence-electron chi connectivity index (χ2n) is 20.0. The van der Waals surface area contributed by atoms with E-state index in [0.29, 0.717) is 75.4 Å². The van der Waals surface area contributed by atoms with Crippen molar-refractivity contribution in [1.29, 1.82) is 0 Å². The molecular formula is C46H60F4N6O4. The van der Waals surface area contributed by atoms with Crippen molar-refractivity contribution in [3.8, 4) is 0 Å². The highest BCUT2D eigenvalue weighted by molar-refractivity contribution is 5.98. The van der Waals surface area contributed by atoms with E-state index in [2.05, 4.69) is 61.0 Å². The van der Waals surface area contributed by atoms with Gasteiger partial charge in [-0.1, -0.05) is 41.5 Å². The Balaban J connectivity index is 0.000000192. The molecule has 0 radical (unpaired) electrons. The first-order chi connectivity index (χ1) is 28.0. The highest BCUT2D eigenvalue weighted by atomic mass is 19.3. The van der Waals surface area contributed by atoms with Crippen molar-refractivity contribution in [2.45, 2.75) is 154 Å². The predicted octanol–water partition coefficient (Wildman–Crippen LogP) is 9.76. The zero-order valence-electron chi connectivity index (χ0n) is 35.8. The van der Waals surface area contributed by atoms with Crippen LogP contribution in [0.5, 0.6) is 0 Å². The number of fused-ring (bicyclic) bond motifs is 2. The van der Waals surface area contributed by atoms with Crippen molar-refractivity contribution in [2.75, 3.05) is 13.1 Å². The number of aromatic nitrogens is 4. The third kappa shape index (κ3) is 10.2. The topological polar surface area (TPSA) is 122 Å². The number of carboxylic acids is 1. The normalized spacial score (nSPS) is 20.1. The van der Waals surface area contributed by atoms with E-state index in [1.54, 1.807) is 23.1 Å². The van der Waals surface area contributed by atoms with Crippen molar-refractivity contribution in [3.05, 3.63) is 59.2 Å². The van der Waals surface area contributed by atoms with Crippen LogP contribution in [0.25, 0.3) is 22.1 Å². The number of halogens is 4. The summed E-state index contributed by atoms with van der Waals surface area (Å²) in [6.07, 6.45) is 4.46. The quantitative estimate of drug-likeness (QED) is 0.162. The molecule has 2 aromatic heterocycles. The van der Waals surface area contributed by atoms with Crippen LogP contribution in [0.15, 0.2) is 36.4 Å². The predicted molar refractivity (Wildman–Crippen MR) is 223 cm³/mol. The van der Waals surface area contributed by atoms with E-state index in [9.17, 15) is 37.1 Å². The fraction of sp³-hybridized carbons (Fsp3) is 0.630. The zero-order valence-corrected chi connectivity index (χ0v) is 35.8. The molecule has 60 heavy (non-hydrogen) atoms. The van der Waals surface area contributed by atoms with Gasteiger partial charge in [-0.3, -0.25) is 9.59 Å². The molecule has 0 atom stereocenters. The van der Waals surface area contributed by atoms with Gasteiger partial charge in [-0.15, -0.1) is 0 Å². The van der Waals surface area contributed by atoms with Gasteiger partial charge in [0.05, 0.1) is 27.6 Å². The number of nitrogens with one attached hydrogen (secondary N) is 1. The van der Waals surface area contributed by atoms with Gasteiger partial charge in [-0.05, 0) is 86.8 Å². The second-order valence-corrected chi connectivity index (χ2v) is 20.0. The van der Waals surface area contributed by atoms with Crippen LogP contribution in [0.4, 0.5) is 17.6 Å². The number of aromatic carboxylic acids is 1. The number of nitrogens with zero attached hydrogens (tertiary/aromatic N) is 5. The zero-order chi connectivity index (χ0) is 43.4. The number of alkyl halides is 4. The molecule has 4 aliphatic rings. The standard InChI is InChI=1S/C27H36F2N4O2.C19H24F2N2O2/c1-26(2,3)25-31-21-13-19(24(35)32-14-18(15-32)12-23(34)30-20-5-6-20)4-7-22(21)33(25)16-17-8-10-27(28,29)11-9-17;1-18(2,3)17-22-14-10-13(16(24)25)4-5-15(14)23(17)11-12-6-8-19(20,21)9-7-12/h4,7,13,17-18,20H,5-6,8-12,14-16H2,1-3H3,(H,30,34);4-5,10,12H,6-9,11H2,1-3H3,(H,24,25). The third-order valence-corrected chi connectivity index (χ3v) is 12.5. The van der Waals surface area contributed by atoms with Crippen LogP contribution in [0.2, 0.25) is 0 Å². The van der Waals surface area contributed by atoms with E-state index in [0.717, 1.165) is 41.0 Å². The van der Waals surface area contributed by atoms with Crippen LogP contribution in [0.3, 0.4) is 0 Å². The minimum Gasteiger partial charge on any atom is -0.478 e. The largest absolute Gasteiger partial charge is 0.478 e. The molecule has 326 valence electrons. The molecule has 2 N–H and O–H groups in total. The molecular weight excluding hydrogens is 777 g/mol. The fourth-order valence-corrected chi connectivity index (χ4v) is 8.95. The lowest BCUT2D eigenvalue weighted by atomic mass is 9.86. The Morgan fingerprint density at radius 3 is 1.53 bits per heavy atom. The summed E-state index contributed by atoms with van der Waals surface area (Å²) in [5.41, 5.74) is 3.59. The van der Waals surface area contributed by atoms with Crippen LogP contribution >= 0.6 is 0 Å².